The Kier molecular flexibility index (Phi) is 8.54. The van der Waals surface area contributed by atoms with Crippen LogP contribution in [-0.4, -0.2) is 37.4 Å². The summed E-state index contributed by atoms with van der Waals surface area (Å²) >= 11 is 0. The zero-order valence-corrected chi connectivity index (χ0v) is 20.8. The van der Waals surface area contributed by atoms with E-state index in [9.17, 15) is 9.59 Å². The van der Waals surface area contributed by atoms with Crippen molar-refractivity contribution in [2.24, 2.45) is 0 Å². The van der Waals surface area contributed by atoms with Gasteiger partial charge in [-0.3, -0.25) is 4.90 Å². The fourth-order valence-electron chi connectivity index (χ4n) is 3.62. The smallest absolute Gasteiger partial charge is 0.414 e. The number of hydrogen-bond acceptors (Lipinski definition) is 7. The van der Waals surface area contributed by atoms with Crippen molar-refractivity contribution < 1.29 is 28.2 Å². The van der Waals surface area contributed by atoms with Crippen molar-refractivity contribution in [1.82, 2.24) is 4.98 Å². The summed E-state index contributed by atoms with van der Waals surface area (Å²) in [5.41, 5.74) is 2.95. The monoisotopic (exact) mass is 500 g/mol. The Morgan fingerprint density at radius 2 is 1.62 bits per heavy atom. The molecule has 3 aromatic carbocycles. The van der Waals surface area contributed by atoms with Gasteiger partial charge >= 0.3 is 12.1 Å². The Morgan fingerprint density at radius 3 is 2.30 bits per heavy atom. The van der Waals surface area contributed by atoms with Crippen LogP contribution in [0.4, 0.5) is 10.5 Å². The maximum Gasteiger partial charge on any atom is 0.414 e. The first-order chi connectivity index (χ1) is 18.1. The Hall–Kier alpha value is -4.59. The fraction of sp³-hybridized carbons (Fsp3) is 0.207. The lowest BCUT2D eigenvalue weighted by Crippen LogP contribution is -2.31. The summed E-state index contributed by atoms with van der Waals surface area (Å²) in [7, 11) is 1.29. The van der Waals surface area contributed by atoms with Gasteiger partial charge in [-0.05, 0) is 18.6 Å². The Morgan fingerprint density at radius 1 is 0.919 bits per heavy atom. The Bertz CT molecular complexity index is 1260. The molecule has 1 heterocycles. The maximum absolute atomic E-state index is 13.1. The van der Waals surface area contributed by atoms with Gasteiger partial charge in [-0.25, -0.2) is 14.6 Å². The largest absolute Gasteiger partial charge is 0.482 e. The van der Waals surface area contributed by atoms with E-state index in [2.05, 4.69) is 4.74 Å². The molecule has 0 atom stereocenters. The lowest BCUT2D eigenvalue weighted by Gasteiger charge is -2.21. The van der Waals surface area contributed by atoms with E-state index in [4.69, 9.17) is 18.9 Å². The van der Waals surface area contributed by atoms with Gasteiger partial charge in [0.25, 0.3) is 0 Å². The normalized spacial score (nSPS) is 10.5. The van der Waals surface area contributed by atoms with Gasteiger partial charge < -0.3 is 18.6 Å². The molecule has 0 unspecified atom stereocenters. The van der Waals surface area contributed by atoms with Crippen LogP contribution in [0.15, 0.2) is 89.3 Å². The van der Waals surface area contributed by atoms with Gasteiger partial charge in [0.1, 0.15) is 18.0 Å². The van der Waals surface area contributed by atoms with Crippen molar-refractivity contribution in [1.29, 1.82) is 0 Å². The number of hydrogen-bond donors (Lipinski definition) is 0. The summed E-state index contributed by atoms with van der Waals surface area (Å²) in [6.07, 6.45) is 0.129. The molecule has 0 bridgehead atoms. The Labute approximate surface area is 215 Å². The van der Waals surface area contributed by atoms with Crippen molar-refractivity contribution in [2.75, 3.05) is 25.2 Å². The van der Waals surface area contributed by atoms with Crippen LogP contribution in [0, 0.1) is 0 Å². The molecule has 0 aliphatic heterocycles. The molecule has 4 rings (SSSR count). The molecule has 0 saturated carbocycles. The molecular weight excluding hydrogens is 472 g/mol. The zero-order chi connectivity index (χ0) is 26.0. The van der Waals surface area contributed by atoms with E-state index in [1.807, 2.05) is 67.6 Å². The fourth-order valence-corrected chi connectivity index (χ4v) is 3.62. The molecule has 8 nitrogen and oxygen atoms in total. The van der Waals surface area contributed by atoms with E-state index in [0.717, 1.165) is 11.1 Å². The third kappa shape index (κ3) is 6.55. The number of oxazole rings is 1. The minimum absolute atomic E-state index is 0.0235. The molecule has 190 valence electrons. The van der Waals surface area contributed by atoms with Crippen molar-refractivity contribution in [3.05, 3.63) is 90.8 Å². The van der Waals surface area contributed by atoms with E-state index < -0.39 is 12.1 Å². The van der Waals surface area contributed by atoms with Crippen molar-refractivity contribution in [2.45, 2.75) is 19.9 Å². The molecule has 0 aliphatic rings. The summed E-state index contributed by atoms with van der Waals surface area (Å²) in [5, 5.41) is 0. The van der Waals surface area contributed by atoms with E-state index in [-0.39, 0.29) is 19.8 Å². The second-order valence-corrected chi connectivity index (χ2v) is 8.08. The molecule has 0 saturated heterocycles. The maximum atomic E-state index is 13.1. The number of ether oxygens (including phenoxy) is 3. The average Bonchev–Trinajstić information content (AvgIpc) is 3.38. The summed E-state index contributed by atoms with van der Waals surface area (Å²) in [5.74, 6) is 0.843. The Balaban J connectivity index is 1.69. The molecule has 0 N–H and O–H groups in total. The molecular formula is C29H28N2O6. The number of carbonyl (C=O) groups is 2. The first kappa shape index (κ1) is 25.5. The molecule has 0 radical (unpaired) electrons. The minimum atomic E-state index is -0.548. The lowest BCUT2D eigenvalue weighted by molar-refractivity contribution is -0.142. The highest BCUT2D eigenvalue weighted by Crippen LogP contribution is 2.33. The van der Waals surface area contributed by atoms with Crippen molar-refractivity contribution in [3.63, 3.8) is 0 Å². The minimum Gasteiger partial charge on any atom is -0.482 e. The highest BCUT2D eigenvalue weighted by molar-refractivity contribution is 5.88. The van der Waals surface area contributed by atoms with E-state index in [1.54, 1.807) is 24.3 Å². The van der Waals surface area contributed by atoms with Crippen molar-refractivity contribution >= 4 is 17.7 Å². The van der Waals surface area contributed by atoms with Crippen LogP contribution in [0.1, 0.15) is 19.2 Å². The van der Waals surface area contributed by atoms with Gasteiger partial charge in [0.15, 0.2) is 12.4 Å². The highest BCUT2D eigenvalue weighted by atomic mass is 16.6. The van der Waals surface area contributed by atoms with Crippen LogP contribution >= 0.6 is 0 Å². The first-order valence-electron chi connectivity index (χ1n) is 11.9. The quantitative estimate of drug-likeness (QED) is 0.243. The van der Waals surface area contributed by atoms with Crippen molar-refractivity contribution in [3.8, 4) is 28.3 Å². The molecule has 37 heavy (non-hydrogen) atoms. The second-order valence-electron chi connectivity index (χ2n) is 8.08. The number of esters is 1. The summed E-state index contributed by atoms with van der Waals surface area (Å²) < 4.78 is 21.8. The third-order valence-corrected chi connectivity index (χ3v) is 5.41. The van der Waals surface area contributed by atoms with E-state index >= 15 is 0 Å². The van der Waals surface area contributed by atoms with Crippen LogP contribution in [-0.2, 0) is 20.8 Å². The number of anilines is 1. The average molecular weight is 501 g/mol. The number of nitrogens with zero attached hydrogens (tertiary/aromatic N) is 2. The van der Waals surface area contributed by atoms with Crippen LogP contribution in [0.2, 0.25) is 0 Å². The third-order valence-electron chi connectivity index (χ3n) is 5.41. The van der Waals surface area contributed by atoms with Gasteiger partial charge in [0.2, 0.25) is 5.89 Å². The van der Waals surface area contributed by atoms with E-state index in [1.165, 1.54) is 12.0 Å². The topological polar surface area (TPSA) is 91.1 Å². The van der Waals surface area contributed by atoms with E-state index in [0.29, 0.717) is 35.2 Å². The first-order valence-corrected chi connectivity index (χ1v) is 11.9. The summed E-state index contributed by atoms with van der Waals surface area (Å²) in [6.45, 7) is 1.96. The number of amides is 1. The number of carbonyl (C=O) groups excluding carboxylic acids is 2. The number of methoxy groups -OCH3 is 1. The molecule has 8 heteroatoms. The molecule has 4 aromatic rings. The van der Waals surface area contributed by atoms with Crippen LogP contribution in [0.5, 0.6) is 5.75 Å². The van der Waals surface area contributed by atoms with Gasteiger partial charge in [0.05, 0.1) is 19.4 Å². The number of rotatable bonds is 10. The van der Waals surface area contributed by atoms with Crippen LogP contribution in [0.3, 0.4) is 0 Å². The number of benzene rings is 3. The predicted molar refractivity (Wildman–Crippen MR) is 139 cm³/mol. The van der Waals surface area contributed by atoms with Gasteiger partial charge in [-0.1, -0.05) is 73.7 Å². The van der Waals surface area contributed by atoms with Gasteiger partial charge in [-0.2, -0.15) is 0 Å². The van der Waals surface area contributed by atoms with Gasteiger partial charge in [0, 0.05) is 17.2 Å². The number of aromatic nitrogens is 1. The lowest BCUT2D eigenvalue weighted by atomic mass is 10.1. The van der Waals surface area contributed by atoms with Crippen LogP contribution in [0.25, 0.3) is 22.6 Å². The standard InChI is InChI=1S/C29H28N2O6/c1-3-17-35-29(33)31(23-15-10-16-24(18-23)36-20-26(32)34-2)19-25-30-27(21-11-6-4-7-12-21)28(37-25)22-13-8-5-9-14-22/h4-16,18H,3,17,19-20H2,1-2H3. The molecule has 0 spiro atoms. The van der Waals surface area contributed by atoms with Crippen LogP contribution < -0.4 is 9.64 Å². The molecule has 1 amide bonds. The summed E-state index contributed by atoms with van der Waals surface area (Å²) in [4.78, 5) is 30.8. The molecule has 0 aliphatic carbocycles. The second kappa shape index (κ2) is 12.4. The predicted octanol–water partition coefficient (Wildman–Crippen LogP) is 6.11. The zero-order valence-electron chi connectivity index (χ0n) is 20.8. The summed E-state index contributed by atoms with van der Waals surface area (Å²) in [6, 6.07) is 26.2. The SMILES string of the molecule is CCCOC(=O)N(Cc1nc(-c2ccccc2)c(-c2ccccc2)o1)c1cccc(OCC(=O)OC)c1. The molecule has 1 aromatic heterocycles. The van der Waals surface area contributed by atoms with Gasteiger partial charge in [-0.15, -0.1) is 0 Å². The highest BCUT2D eigenvalue weighted by Gasteiger charge is 2.24. The molecule has 0 fully saturated rings.